The molecular weight excluding hydrogens is 432 g/mol. The van der Waals surface area contributed by atoms with Crippen molar-refractivity contribution in [3.63, 3.8) is 0 Å². The monoisotopic (exact) mass is 458 g/mol. The zero-order valence-corrected chi connectivity index (χ0v) is 19.3. The van der Waals surface area contributed by atoms with Crippen LogP contribution < -0.4 is 4.74 Å². The molecule has 0 spiro atoms. The highest BCUT2D eigenvalue weighted by Crippen LogP contribution is 2.42. The number of ether oxygens (including phenoxy) is 2. The number of aliphatic hydroxyl groups excluding tert-OH is 1. The summed E-state index contributed by atoms with van der Waals surface area (Å²) in [5.74, 6) is -1.58. The van der Waals surface area contributed by atoms with Crippen LogP contribution in [0.2, 0.25) is 5.02 Å². The lowest BCUT2D eigenvalue weighted by Crippen LogP contribution is -2.31. The number of aliphatic hydroxyl groups is 1. The normalized spacial score (nSPS) is 17.9. The van der Waals surface area contributed by atoms with Crippen molar-refractivity contribution in [2.24, 2.45) is 0 Å². The fourth-order valence-corrected chi connectivity index (χ4v) is 4.12. The standard InChI is InChI=1S/C24H27ClN2O5/c1-14(2)32-11-7-10-27-20(18-8-5-6-9-26-18)19(22(29)24(27)30)21(28)16-12-15(3)13-17(25)23(16)31-4/h5-6,8-9,12-14,20,28H,7,10-11H2,1-4H3/b21-19+. The average molecular weight is 459 g/mol. The number of Topliss-reactive ketones (excluding diaryl/α,β-unsaturated/α-hetero) is 1. The van der Waals surface area contributed by atoms with Crippen LogP contribution in [0, 0.1) is 6.92 Å². The topological polar surface area (TPSA) is 89.0 Å². The Morgan fingerprint density at radius 1 is 1.28 bits per heavy atom. The molecule has 2 heterocycles. The van der Waals surface area contributed by atoms with Crippen molar-refractivity contribution < 1.29 is 24.2 Å². The van der Waals surface area contributed by atoms with E-state index in [4.69, 9.17) is 21.1 Å². The van der Waals surface area contributed by atoms with Crippen LogP contribution in [0.25, 0.3) is 5.76 Å². The first-order valence-corrected chi connectivity index (χ1v) is 10.8. The van der Waals surface area contributed by atoms with E-state index in [1.807, 2.05) is 20.8 Å². The Balaban J connectivity index is 2.11. The second-order valence-electron chi connectivity index (χ2n) is 7.85. The van der Waals surface area contributed by atoms with E-state index in [-0.39, 0.29) is 35.3 Å². The number of carbonyl (C=O) groups excluding carboxylic acids is 2. The first kappa shape index (κ1) is 23.8. The van der Waals surface area contributed by atoms with Crippen LogP contribution in [-0.2, 0) is 14.3 Å². The number of aromatic nitrogens is 1. The predicted molar refractivity (Wildman–Crippen MR) is 122 cm³/mol. The Bertz CT molecular complexity index is 1040. The van der Waals surface area contributed by atoms with Crippen molar-refractivity contribution in [2.75, 3.05) is 20.3 Å². The highest BCUT2D eigenvalue weighted by atomic mass is 35.5. The lowest BCUT2D eigenvalue weighted by molar-refractivity contribution is -0.140. The summed E-state index contributed by atoms with van der Waals surface area (Å²) in [5, 5.41) is 11.5. The molecule has 1 amide bonds. The number of nitrogens with zero attached hydrogens (tertiary/aromatic N) is 2. The summed E-state index contributed by atoms with van der Waals surface area (Å²) in [5.41, 5.74) is 1.46. The highest BCUT2D eigenvalue weighted by Gasteiger charge is 2.46. The minimum atomic E-state index is -0.834. The van der Waals surface area contributed by atoms with Gasteiger partial charge in [-0.05, 0) is 57.0 Å². The van der Waals surface area contributed by atoms with E-state index in [0.29, 0.717) is 23.7 Å². The average Bonchev–Trinajstić information content (AvgIpc) is 3.01. The second-order valence-corrected chi connectivity index (χ2v) is 8.25. The number of amides is 1. The van der Waals surface area contributed by atoms with Crippen LogP contribution in [-0.4, -0.2) is 53.0 Å². The van der Waals surface area contributed by atoms with Crippen molar-refractivity contribution in [2.45, 2.75) is 39.3 Å². The van der Waals surface area contributed by atoms with Gasteiger partial charge in [-0.2, -0.15) is 0 Å². The number of hydrogen-bond acceptors (Lipinski definition) is 6. The third-order valence-electron chi connectivity index (χ3n) is 5.15. The SMILES string of the molecule is COc1c(Cl)cc(C)cc1/C(O)=C1\C(=O)C(=O)N(CCCOC(C)C)C1c1ccccn1. The van der Waals surface area contributed by atoms with Crippen molar-refractivity contribution in [3.05, 3.63) is 63.9 Å². The number of ketones is 1. The Morgan fingerprint density at radius 2 is 2.03 bits per heavy atom. The number of carbonyl (C=O) groups is 2. The van der Waals surface area contributed by atoms with Gasteiger partial charge in [0, 0.05) is 19.3 Å². The molecule has 2 aromatic rings. The number of methoxy groups -OCH3 is 1. The van der Waals surface area contributed by atoms with Gasteiger partial charge in [-0.25, -0.2) is 0 Å². The third kappa shape index (κ3) is 4.79. The van der Waals surface area contributed by atoms with Gasteiger partial charge in [-0.1, -0.05) is 17.7 Å². The summed E-state index contributed by atoms with van der Waals surface area (Å²) in [4.78, 5) is 31.8. The molecule has 7 nitrogen and oxygen atoms in total. The molecule has 1 unspecified atom stereocenters. The second kappa shape index (κ2) is 10.1. The van der Waals surface area contributed by atoms with Gasteiger partial charge in [-0.15, -0.1) is 0 Å². The predicted octanol–water partition coefficient (Wildman–Crippen LogP) is 4.29. The zero-order chi connectivity index (χ0) is 23.4. The van der Waals surface area contributed by atoms with Gasteiger partial charge in [-0.3, -0.25) is 14.6 Å². The maximum Gasteiger partial charge on any atom is 0.295 e. The molecule has 1 N–H and O–H groups in total. The highest BCUT2D eigenvalue weighted by molar-refractivity contribution is 6.46. The minimum absolute atomic E-state index is 0.0431. The maximum atomic E-state index is 13.1. The van der Waals surface area contributed by atoms with E-state index in [1.165, 1.54) is 12.0 Å². The van der Waals surface area contributed by atoms with E-state index in [0.717, 1.165) is 5.56 Å². The summed E-state index contributed by atoms with van der Waals surface area (Å²) in [6.07, 6.45) is 2.19. The maximum absolute atomic E-state index is 13.1. The van der Waals surface area contributed by atoms with Crippen LogP contribution >= 0.6 is 11.6 Å². The Kier molecular flexibility index (Phi) is 7.53. The van der Waals surface area contributed by atoms with E-state index < -0.39 is 17.7 Å². The number of rotatable bonds is 8. The summed E-state index contributed by atoms with van der Waals surface area (Å²) in [6, 6.07) is 7.77. The minimum Gasteiger partial charge on any atom is -0.507 e. The van der Waals surface area contributed by atoms with Gasteiger partial charge in [0.1, 0.15) is 17.6 Å². The van der Waals surface area contributed by atoms with Crippen LogP contribution in [0.15, 0.2) is 42.1 Å². The quantitative estimate of drug-likeness (QED) is 0.275. The van der Waals surface area contributed by atoms with E-state index >= 15 is 0 Å². The summed E-state index contributed by atoms with van der Waals surface area (Å²) < 4.78 is 10.9. The molecule has 0 radical (unpaired) electrons. The zero-order valence-electron chi connectivity index (χ0n) is 18.6. The van der Waals surface area contributed by atoms with Crippen LogP contribution in [0.5, 0.6) is 5.75 Å². The molecule has 1 aliphatic rings. The van der Waals surface area contributed by atoms with Gasteiger partial charge in [0.15, 0.2) is 0 Å². The molecule has 0 bridgehead atoms. The summed E-state index contributed by atoms with van der Waals surface area (Å²) in [7, 11) is 1.43. The van der Waals surface area contributed by atoms with Gasteiger partial charge in [0.05, 0.1) is 35.1 Å². The number of likely N-dealkylation sites (tertiary alicyclic amines) is 1. The largest absolute Gasteiger partial charge is 0.507 e. The van der Waals surface area contributed by atoms with Crippen molar-refractivity contribution in [3.8, 4) is 5.75 Å². The van der Waals surface area contributed by atoms with Gasteiger partial charge < -0.3 is 19.5 Å². The van der Waals surface area contributed by atoms with E-state index in [1.54, 1.807) is 36.5 Å². The molecule has 0 aliphatic carbocycles. The van der Waals surface area contributed by atoms with Crippen molar-refractivity contribution in [1.82, 2.24) is 9.88 Å². The fourth-order valence-electron chi connectivity index (χ4n) is 3.77. The van der Waals surface area contributed by atoms with Crippen molar-refractivity contribution in [1.29, 1.82) is 0 Å². The molecule has 1 atom stereocenters. The van der Waals surface area contributed by atoms with Crippen LogP contribution in [0.3, 0.4) is 0 Å². The number of halogens is 1. The lowest BCUT2D eigenvalue weighted by atomic mass is 9.97. The Hall–Kier alpha value is -2.90. The lowest BCUT2D eigenvalue weighted by Gasteiger charge is -2.24. The van der Waals surface area contributed by atoms with E-state index in [9.17, 15) is 14.7 Å². The molecule has 8 heteroatoms. The van der Waals surface area contributed by atoms with Gasteiger partial charge in [0.25, 0.3) is 11.7 Å². The molecule has 1 aliphatic heterocycles. The smallest absolute Gasteiger partial charge is 0.295 e. The summed E-state index contributed by atoms with van der Waals surface area (Å²) >= 11 is 6.30. The molecule has 170 valence electrons. The summed E-state index contributed by atoms with van der Waals surface area (Å²) in [6.45, 7) is 6.39. The number of aryl methyl sites for hydroxylation is 1. The number of pyridine rings is 1. The fraction of sp³-hybridized carbons (Fsp3) is 0.375. The molecule has 0 saturated carbocycles. The molecule has 1 aromatic heterocycles. The van der Waals surface area contributed by atoms with Crippen LogP contribution in [0.1, 0.15) is 43.1 Å². The van der Waals surface area contributed by atoms with Crippen molar-refractivity contribution >= 4 is 29.1 Å². The molecular formula is C24H27ClN2O5. The molecule has 1 saturated heterocycles. The number of benzene rings is 1. The molecule has 3 rings (SSSR count). The van der Waals surface area contributed by atoms with Gasteiger partial charge in [0.2, 0.25) is 0 Å². The molecule has 1 aromatic carbocycles. The molecule has 32 heavy (non-hydrogen) atoms. The molecule has 1 fully saturated rings. The number of hydrogen-bond donors (Lipinski definition) is 1. The van der Waals surface area contributed by atoms with Gasteiger partial charge >= 0.3 is 0 Å². The first-order chi connectivity index (χ1) is 15.3. The first-order valence-electron chi connectivity index (χ1n) is 10.4. The van der Waals surface area contributed by atoms with Crippen LogP contribution in [0.4, 0.5) is 0 Å². The Labute approximate surface area is 192 Å². The van der Waals surface area contributed by atoms with E-state index in [2.05, 4.69) is 4.98 Å². The third-order valence-corrected chi connectivity index (χ3v) is 5.43. The Morgan fingerprint density at radius 3 is 2.66 bits per heavy atom.